The molecule has 0 saturated carbocycles. The van der Waals surface area contributed by atoms with Crippen LogP contribution in [0.2, 0.25) is 0 Å². The van der Waals surface area contributed by atoms with Gasteiger partial charge in [-0.2, -0.15) is 0 Å². The normalized spacial score (nSPS) is 10.6. The maximum atomic E-state index is 11.2. The molecule has 4 heteroatoms. The highest BCUT2D eigenvalue weighted by Crippen LogP contribution is 2.08. The first-order valence-corrected chi connectivity index (χ1v) is 5.38. The number of nitrogens with zero attached hydrogens (tertiary/aromatic N) is 2. The topological polar surface area (TPSA) is 43.6 Å². The lowest BCUT2D eigenvalue weighted by Crippen LogP contribution is -2.06. The molecule has 0 unspecified atom stereocenters. The highest BCUT2D eigenvalue weighted by atomic mass is 16.5. The molecule has 0 aromatic carbocycles. The third kappa shape index (κ3) is 2.21. The minimum atomic E-state index is -0.153. The predicted molar refractivity (Wildman–Crippen MR) is 60.1 cm³/mol. The molecule has 0 atom stereocenters. The van der Waals surface area contributed by atoms with Crippen LogP contribution >= 0.6 is 0 Å². The molecule has 0 radical (unpaired) electrons. The fraction of sp³-hybridized carbons (Fsp3) is 0.333. The lowest BCUT2D eigenvalue weighted by molar-refractivity contribution is -0.143. The van der Waals surface area contributed by atoms with E-state index in [-0.39, 0.29) is 5.97 Å². The first-order chi connectivity index (χ1) is 7.81. The average molecular weight is 218 g/mol. The van der Waals surface area contributed by atoms with Crippen LogP contribution in [-0.4, -0.2) is 22.0 Å². The van der Waals surface area contributed by atoms with E-state index in [1.54, 1.807) is 6.20 Å². The van der Waals surface area contributed by atoms with Crippen molar-refractivity contribution >= 4 is 11.6 Å². The predicted octanol–water partition coefficient (Wildman–Crippen LogP) is 1.83. The van der Waals surface area contributed by atoms with Gasteiger partial charge in [0.2, 0.25) is 0 Å². The van der Waals surface area contributed by atoms with Gasteiger partial charge in [-0.15, -0.1) is 0 Å². The molecular weight excluding hydrogens is 204 g/mol. The van der Waals surface area contributed by atoms with Crippen molar-refractivity contribution in [1.29, 1.82) is 0 Å². The van der Waals surface area contributed by atoms with Crippen LogP contribution in [0.4, 0.5) is 0 Å². The number of pyridine rings is 1. The Balaban J connectivity index is 2.09. The van der Waals surface area contributed by atoms with Crippen molar-refractivity contribution in [2.75, 3.05) is 6.61 Å². The number of aryl methyl sites for hydroxylation is 1. The van der Waals surface area contributed by atoms with Crippen LogP contribution < -0.4 is 0 Å². The van der Waals surface area contributed by atoms with Gasteiger partial charge < -0.3 is 9.14 Å². The van der Waals surface area contributed by atoms with E-state index in [0.29, 0.717) is 19.4 Å². The molecule has 0 aliphatic heterocycles. The Morgan fingerprint density at radius 1 is 1.50 bits per heavy atom. The van der Waals surface area contributed by atoms with Gasteiger partial charge in [-0.1, -0.05) is 6.07 Å². The van der Waals surface area contributed by atoms with Gasteiger partial charge in [0.1, 0.15) is 5.65 Å². The average Bonchev–Trinajstić information content (AvgIpc) is 2.75. The van der Waals surface area contributed by atoms with Crippen molar-refractivity contribution in [3.63, 3.8) is 0 Å². The van der Waals surface area contributed by atoms with Crippen LogP contribution in [0.15, 0.2) is 30.6 Å². The van der Waals surface area contributed by atoms with E-state index in [1.807, 2.05) is 35.7 Å². The molecule has 0 amide bonds. The molecule has 84 valence electrons. The SMILES string of the molecule is CCOC(=O)CCc1cccc2nccn12. The zero-order valence-corrected chi connectivity index (χ0v) is 9.22. The summed E-state index contributed by atoms with van der Waals surface area (Å²) in [6, 6.07) is 5.88. The van der Waals surface area contributed by atoms with E-state index >= 15 is 0 Å². The molecule has 0 aliphatic carbocycles. The van der Waals surface area contributed by atoms with Crippen molar-refractivity contribution in [2.45, 2.75) is 19.8 Å². The number of carbonyl (C=O) groups is 1. The van der Waals surface area contributed by atoms with Crippen LogP contribution in [0.1, 0.15) is 19.0 Å². The highest BCUT2D eigenvalue weighted by molar-refractivity contribution is 5.69. The maximum absolute atomic E-state index is 11.2. The van der Waals surface area contributed by atoms with Gasteiger partial charge in [-0.3, -0.25) is 4.79 Å². The number of ether oxygens (including phenoxy) is 1. The van der Waals surface area contributed by atoms with Gasteiger partial charge in [-0.25, -0.2) is 4.98 Å². The molecule has 0 N–H and O–H groups in total. The van der Waals surface area contributed by atoms with Crippen molar-refractivity contribution in [3.8, 4) is 0 Å². The first-order valence-electron chi connectivity index (χ1n) is 5.38. The summed E-state index contributed by atoms with van der Waals surface area (Å²) >= 11 is 0. The van der Waals surface area contributed by atoms with E-state index in [1.165, 1.54) is 0 Å². The summed E-state index contributed by atoms with van der Waals surface area (Å²) in [4.78, 5) is 15.4. The van der Waals surface area contributed by atoms with Crippen LogP contribution in [0.3, 0.4) is 0 Å². The number of hydrogen-bond acceptors (Lipinski definition) is 3. The van der Waals surface area contributed by atoms with Crippen LogP contribution in [0.5, 0.6) is 0 Å². The molecule has 2 aromatic heterocycles. The summed E-state index contributed by atoms with van der Waals surface area (Å²) < 4.78 is 6.88. The molecule has 2 rings (SSSR count). The largest absolute Gasteiger partial charge is 0.466 e. The fourth-order valence-electron chi connectivity index (χ4n) is 1.67. The number of imidazole rings is 1. The molecule has 2 heterocycles. The third-order valence-corrected chi connectivity index (χ3v) is 2.40. The molecule has 2 aromatic rings. The molecule has 0 fully saturated rings. The number of aromatic nitrogens is 2. The molecule has 0 bridgehead atoms. The second-order valence-electron chi connectivity index (χ2n) is 3.48. The minimum absolute atomic E-state index is 0.153. The molecule has 0 spiro atoms. The Morgan fingerprint density at radius 2 is 2.38 bits per heavy atom. The number of carbonyl (C=O) groups excluding carboxylic acids is 1. The summed E-state index contributed by atoms with van der Waals surface area (Å²) in [5, 5.41) is 0. The van der Waals surface area contributed by atoms with E-state index in [4.69, 9.17) is 4.74 Å². The minimum Gasteiger partial charge on any atom is -0.466 e. The smallest absolute Gasteiger partial charge is 0.306 e. The maximum Gasteiger partial charge on any atom is 0.306 e. The Bertz CT molecular complexity index is 490. The van der Waals surface area contributed by atoms with Gasteiger partial charge in [0, 0.05) is 18.1 Å². The van der Waals surface area contributed by atoms with Crippen molar-refractivity contribution in [1.82, 2.24) is 9.38 Å². The van der Waals surface area contributed by atoms with Crippen molar-refractivity contribution in [3.05, 3.63) is 36.3 Å². The highest BCUT2D eigenvalue weighted by Gasteiger charge is 2.05. The molecule has 0 aliphatic rings. The lowest BCUT2D eigenvalue weighted by Gasteiger charge is -2.05. The van der Waals surface area contributed by atoms with E-state index < -0.39 is 0 Å². The molecule has 16 heavy (non-hydrogen) atoms. The number of rotatable bonds is 4. The van der Waals surface area contributed by atoms with Gasteiger partial charge in [-0.05, 0) is 25.5 Å². The quantitative estimate of drug-likeness (QED) is 0.735. The van der Waals surface area contributed by atoms with Gasteiger partial charge in [0.05, 0.1) is 13.0 Å². The fourth-order valence-corrected chi connectivity index (χ4v) is 1.67. The van der Waals surface area contributed by atoms with Crippen molar-refractivity contribution in [2.24, 2.45) is 0 Å². The van der Waals surface area contributed by atoms with Gasteiger partial charge >= 0.3 is 5.97 Å². The number of esters is 1. The van der Waals surface area contributed by atoms with E-state index in [9.17, 15) is 4.79 Å². The second-order valence-corrected chi connectivity index (χ2v) is 3.48. The monoisotopic (exact) mass is 218 g/mol. The summed E-state index contributed by atoms with van der Waals surface area (Å²) in [6.45, 7) is 2.25. The zero-order chi connectivity index (χ0) is 11.4. The van der Waals surface area contributed by atoms with Crippen molar-refractivity contribution < 1.29 is 9.53 Å². The van der Waals surface area contributed by atoms with Crippen LogP contribution in [0.25, 0.3) is 5.65 Å². The summed E-state index contributed by atoms with van der Waals surface area (Å²) in [5.74, 6) is -0.153. The Morgan fingerprint density at radius 3 is 3.19 bits per heavy atom. The lowest BCUT2D eigenvalue weighted by atomic mass is 10.2. The Hall–Kier alpha value is -1.84. The first kappa shape index (κ1) is 10.7. The van der Waals surface area contributed by atoms with E-state index in [0.717, 1.165) is 11.3 Å². The summed E-state index contributed by atoms with van der Waals surface area (Å²) in [6.07, 6.45) is 4.73. The second kappa shape index (κ2) is 4.79. The summed E-state index contributed by atoms with van der Waals surface area (Å²) in [7, 11) is 0. The Kier molecular flexibility index (Phi) is 3.19. The standard InChI is InChI=1S/C12H14N2O2/c1-2-16-12(15)7-6-10-4-3-5-11-13-8-9-14(10)11/h3-5,8-9H,2,6-7H2,1H3. The Labute approximate surface area is 93.9 Å². The summed E-state index contributed by atoms with van der Waals surface area (Å²) in [5.41, 5.74) is 1.98. The zero-order valence-electron chi connectivity index (χ0n) is 9.22. The van der Waals surface area contributed by atoms with Crippen LogP contribution in [0, 0.1) is 0 Å². The third-order valence-electron chi connectivity index (χ3n) is 2.40. The van der Waals surface area contributed by atoms with Gasteiger partial charge in [0.15, 0.2) is 0 Å². The van der Waals surface area contributed by atoms with Crippen LogP contribution in [-0.2, 0) is 16.0 Å². The molecule has 0 saturated heterocycles. The number of hydrogen-bond donors (Lipinski definition) is 0. The molecular formula is C12H14N2O2. The van der Waals surface area contributed by atoms with E-state index in [2.05, 4.69) is 4.98 Å². The van der Waals surface area contributed by atoms with Gasteiger partial charge in [0.25, 0.3) is 0 Å². The number of fused-ring (bicyclic) bond motifs is 1. The molecule has 4 nitrogen and oxygen atoms in total.